The number of hydrogen-bond acceptors (Lipinski definition) is 8. The highest BCUT2D eigenvalue weighted by Crippen LogP contribution is 2.31. The molecule has 0 aliphatic carbocycles. The zero-order valence-electron chi connectivity index (χ0n) is 19.9. The summed E-state index contributed by atoms with van der Waals surface area (Å²) in [7, 11) is 0. The quantitative estimate of drug-likeness (QED) is 0.390. The first kappa shape index (κ1) is 28.1. The summed E-state index contributed by atoms with van der Waals surface area (Å²) in [6, 6.07) is -0.886. The molecule has 2 atom stereocenters. The number of aromatic amines is 1. The maximum atomic E-state index is 13.1. The minimum absolute atomic E-state index is 0.0134. The van der Waals surface area contributed by atoms with E-state index in [1.54, 1.807) is 28.7 Å². The fraction of sp³-hybridized carbons (Fsp3) is 0.571. The highest BCUT2D eigenvalue weighted by Gasteiger charge is 2.37. The molecule has 2 aromatic heterocycles. The number of rotatable bonds is 8. The number of carbonyl (C=O) groups is 1. The lowest BCUT2D eigenvalue weighted by atomic mass is 10.2. The van der Waals surface area contributed by atoms with E-state index in [1.165, 1.54) is 0 Å². The Hall–Kier alpha value is -3.43. The van der Waals surface area contributed by atoms with Crippen LogP contribution in [0.4, 0.5) is 38.0 Å². The molecule has 0 saturated carbocycles. The molecule has 16 heteroatoms. The molecule has 3 heterocycles. The van der Waals surface area contributed by atoms with Crippen molar-refractivity contribution in [1.29, 1.82) is 0 Å². The molecule has 1 aliphatic heterocycles. The lowest BCUT2D eigenvalue weighted by Gasteiger charge is -2.40. The van der Waals surface area contributed by atoms with Gasteiger partial charge in [0.2, 0.25) is 11.9 Å². The van der Waals surface area contributed by atoms with Crippen molar-refractivity contribution in [2.24, 2.45) is 0 Å². The second kappa shape index (κ2) is 11.3. The van der Waals surface area contributed by atoms with E-state index in [9.17, 15) is 35.9 Å². The maximum absolute atomic E-state index is 13.1. The molecule has 204 valence electrons. The molecule has 2 aromatic rings. The van der Waals surface area contributed by atoms with Crippen LogP contribution in [0.3, 0.4) is 0 Å². The molecule has 10 nitrogen and oxygen atoms in total. The van der Waals surface area contributed by atoms with Gasteiger partial charge in [0.15, 0.2) is 0 Å². The van der Waals surface area contributed by atoms with E-state index in [1.807, 2.05) is 0 Å². The number of halogens is 6. The standard InChI is InChI=1S/C21H25F6N7O3/c1-12(31-15-9-30-32-18(36)17(15)21(25,26)27)11-37-6-3-16(35)34-5-4-33(10-13(34)2)19-28-7-14(8-29-19)20(22,23)24/h7-9,12-13H,3-6,10-11H2,1-2H3,(H2,31,32,36)/t12?,13-/m1/s1. The second-order valence-corrected chi connectivity index (χ2v) is 8.51. The maximum Gasteiger partial charge on any atom is 0.423 e. The molecule has 1 unspecified atom stereocenters. The third-order valence-electron chi connectivity index (χ3n) is 5.57. The topological polar surface area (TPSA) is 116 Å². The molecule has 37 heavy (non-hydrogen) atoms. The number of carbonyl (C=O) groups excluding carboxylic acids is 1. The van der Waals surface area contributed by atoms with Crippen LogP contribution in [0.15, 0.2) is 23.4 Å². The summed E-state index contributed by atoms with van der Waals surface area (Å²) < 4.78 is 82.9. The number of piperazine rings is 1. The van der Waals surface area contributed by atoms with Crippen molar-refractivity contribution < 1.29 is 35.9 Å². The minimum atomic E-state index is -4.87. The van der Waals surface area contributed by atoms with Gasteiger partial charge in [-0.25, -0.2) is 15.1 Å². The van der Waals surface area contributed by atoms with Gasteiger partial charge in [-0.3, -0.25) is 9.59 Å². The molecule has 1 saturated heterocycles. The summed E-state index contributed by atoms with van der Waals surface area (Å²) in [5, 5.41) is 7.68. The van der Waals surface area contributed by atoms with Crippen molar-refractivity contribution in [2.75, 3.05) is 43.1 Å². The van der Waals surface area contributed by atoms with Crippen LogP contribution < -0.4 is 15.8 Å². The molecule has 2 N–H and O–H groups in total. The van der Waals surface area contributed by atoms with E-state index in [-0.39, 0.29) is 37.5 Å². The summed E-state index contributed by atoms with van der Waals surface area (Å²) in [4.78, 5) is 35.0. The zero-order chi connectivity index (χ0) is 27.4. The van der Waals surface area contributed by atoms with E-state index >= 15 is 0 Å². The number of aromatic nitrogens is 4. The Morgan fingerprint density at radius 1 is 1.16 bits per heavy atom. The van der Waals surface area contributed by atoms with E-state index < -0.39 is 40.8 Å². The van der Waals surface area contributed by atoms with Crippen LogP contribution in [0.1, 0.15) is 31.4 Å². The van der Waals surface area contributed by atoms with Crippen LogP contribution in [-0.4, -0.2) is 75.9 Å². The molecular weight excluding hydrogens is 512 g/mol. The highest BCUT2D eigenvalue weighted by atomic mass is 19.4. The minimum Gasteiger partial charge on any atom is -0.379 e. The number of hydrogen-bond donors (Lipinski definition) is 2. The molecule has 0 aromatic carbocycles. The number of H-pyrrole nitrogens is 1. The van der Waals surface area contributed by atoms with Crippen molar-refractivity contribution in [1.82, 2.24) is 25.1 Å². The Bertz CT molecular complexity index is 1120. The smallest absolute Gasteiger partial charge is 0.379 e. The molecule has 1 aliphatic rings. The average molecular weight is 537 g/mol. The van der Waals surface area contributed by atoms with Gasteiger partial charge in [-0.1, -0.05) is 0 Å². The molecule has 1 fully saturated rings. The lowest BCUT2D eigenvalue weighted by molar-refractivity contribution is -0.139. The van der Waals surface area contributed by atoms with Crippen LogP contribution in [-0.2, 0) is 21.9 Å². The van der Waals surface area contributed by atoms with Gasteiger partial charge < -0.3 is 19.9 Å². The number of amides is 1. The average Bonchev–Trinajstić information content (AvgIpc) is 2.80. The Kier molecular flexibility index (Phi) is 8.60. The van der Waals surface area contributed by atoms with Crippen LogP contribution in [0.25, 0.3) is 0 Å². The molecular formula is C21H25F6N7O3. The van der Waals surface area contributed by atoms with Crippen LogP contribution in [0.2, 0.25) is 0 Å². The normalized spacial score (nSPS) is 17.6. The van der Waals surface area contributed by atoms with Gasteiger partial charge in [-0.15, -0.1) is 0 Å². The molecule has 0 bridgehead atoms. The van der Waals surface area contributed by atoms with Gasteiger partial charge in [-0.05, 0) is 13.8 Å². The number of alkyl halides is 6. The summed E-state index contributed by atoms with van der Waals surface area (Å²) in [5.41, 5.74) is -4.18. The second-order valence-electron chi connectivity index (χ2n) is 8.51. The number of nitrogens with zero attached hydrogens (tertiary/aromatic N) is 5. The zero-order valence-corrected chi connectivity index (χ0v) is 19.9. The SMILES string of the molecule is CC(COCCC(=O)N1CCN(c2ncc(C(F)(F)F)cn2)C[C@H]1C)Nc1cn[nH]c(=O)c1C(F)(F)F. The number of anilines is 2. The third-order valence-corrected chi connectivity index (χ3v) is 5.57. The van der Waals surface area contributed by atoms with E-state index in [0.717, 1.165) is 6.20 Å². The van der Waals surface area contributed by atoms with E-state index in [2.05, 4.69) is 20.4 Å². The first-order chi connectivity index (χ1) is 17.3. The molecule has 0 radical (unpaired) electrons. The van der Waals surface area contributed by atoms with Crippen LogP contribution in [0.5, 0.6) is 0 Å². The van der Waals surface area contributed by atoms with Crippen LogP contribution >= 0.6 is 0 Å². The fourth-order valence-corrected chi connectivity index (χ4v) is 3.80. The number of ether oxygens (including phenoxy) is 1. The van der Waals surface area contributed by atoms with Gasteiger partial charge in [0.05, 0.1) is 37.1 Å². The molecule has 1 amide bonds. The van der Waals surface area contributed by atoms with Gasteiger partial charge in [0, 0.05) is 44.1 Å². The van der Waals surface area contributed by atoms with Gasteiger partial charge in [0.25, 0.3) is 5.56 Å². The summed E-state index contributed by atoms with van der Waals surface area (Å²) in [5.74, 6) is -0.0692. The third kappa shape index (κ3) is 7.30. The van der Waals surface area contributed by atoms with Crippen molar-refractivity contribution in [3.05, 3.63) is 40.1 Å². The Labute approximate surface area is 207 Å². The molecule has 3 rings (SSSR count). The van der Waals surface area contributed by atoms with Gasteiger partial charge >= 0.3 is 12.4 Å². The predicted molar refractivity (Wildman–Crippen MR) is 119 cm³/mol. The Morgan fingerprint density at radius 3 is 2.43 bits per heavy atom. The van der Waals surface area contributed by atoms with Gasteiger partial charge in [0.1, 0.15) is 5.56 Å². The summed E-state index contributed by atoms with van der Waals surface area (Å²) in [6.45, 7) is 4.27. The van der Waals surface area contributed by atoms with Crippen molar-refractivity contribution in [3.63, 3.8) is 0 Å². The largest absolute Gasteiger partial charge is 0.423 e. The lowest BCUT2D eigenvalue weighted by Crippen LogP contribution is -2.54. The van der Waals surface area contributed by atoms with Crippen molar-refractivity contribution in [2.45, 2.75) is 44.7 Å². The highest BCUT2D eigenvalue weighted by molar-refractivity contribution is 5.77. The van der Waals surface area contributed by atoms with E-state index in [0.29, 0.717) is 32.0 Å². The Morgan fingerprint density at radius 2 is 1.84 bits per heavy atom. The summed E-state index contributed by atoms with van der Waals surface area (Å²) >= 11 is 0. The van der Waals surface area contributed by atoms with Crippen molar-refractivity contribution >= 4 is 17.5 Å². The monoisotopic (exact) mass is 537 g/mol. The molecule has 0 spiro atoms. The predicted octanol–water partition coefficient (Wildman–Crippen LogP) is 2.54. The summed E-state index contributed by atoms with van der Waals surface area (Å²) in [6.07, 6.45) is -7.08. The first-order valence-electron chi connectivity index (χ1n) is 11.2. The fourth-order valence-electron chi connectivity index (χ4n) is 3.80. The van der Waals surface area contributed by atoms with E-state index in [4.69, 9.17) is 4.74 Å². The number of nitrogens with one attached hydrogen (secondary N) is 2. The Balaban J connectivity index is 1.44. The first-order valence-corrected chi connectivity index (χ1v) is 11.2. The van der Waals surface area contributed by atoms with Gasteiger partial charge in [-0.2, -0.15) is 31.4 Å². The van der Waals surface area contributed by atoms with Crippen molar-refractivity contribution in [3.8, 4) is 0 Å². The van der Waals surface area contributed by atoms with Crippen LogP contribution in [0, 0.1) is 0 Å².